The fourth-order valence-corrected chi connectivity index (χ4v) is 1.37. The van der Waals surface area contributed by atoms with Crippen LogP contribution in [0.15, 0.2) is 12.7 Å². The van der Waals surface area contributed by atoms with Gasteiger partial charge in [0.15, 0.2) is 0 Å². The molecule has 0 saturated heterocycles. The highest BCUT2D eigenvalue weighted by Gasteiger charge is 2.27. The van der Waals surface area contributed by atoms with Gasteiger partial charge in [-0.25, -0.2) is 4.79 Å². The van der Waals surface area contributed by atoms with Crippen LogP contribution >= 0.6 is 33.2 Å². The number of carbonyl (C=O) groups is 1. The van der Waals surface area contributed by atoms with Gasteiger partial charge in [0.2, 0.25) is 0 Å². The third-order valence-electron chi connectivity index (χ3n) is 0.760. The molecule has 0 N–H and O–H groups in total. The molecule has 0 atom stereocenters. The monoisotopic (exact) mass is 248 g/mol. The first-order valence-electron chi connectivity index (χ1n) is 2.95. The summed E-state index contributed by atoms with van der Waals surface area (Å²) < 4.78 is 9.30. The van der Waals surface area contributed by atoms with E-state index in [9.17, 15) is 4.79 Å². The lowest BCUT2D eigenvalue weighted by Gasteiger charge is -2.08. The van der Waals surface area contributed by atoms with Crippen molar-refractivity contribution in [2.45, 2.75) is 0 Å². The summed E-state index contributed by atoms with van der Waals surface area (Å²) in [7, 11) is 0. The first-order valence-corrected chi connectivity index (χ1v) is 7.90. The lowest BCUT2D eigenvalue weighted by atomic mass is 10.6. The first-order chi connectivity index (χ1) is 5.45. The Labute approximate surface area is 85.4 Å². The highest BCUT2D eigenvalue weighted by atomic mass is 35.8. The third kappa shape index (κ3) is 8.35. The van der Waals surface area contributed by atoms with E-state index in [0.29, 0.717) is 0 Å². The standard InChI is InChI=1S/C5H7Cl3O3Si/c1-2-5(9)10-3-4-11-12(6,7)8/h2H,1,3-4H2. The van der Waals surface area contributed by atoms with Gasteiger partial charge in [-0.3, -0.25) is 0 Å². The molecule has 0 aliphatic heterocycles. The van der Waals surface area contributed by atoms with E-state index in [1.165, 1.54) is 0 Å². The zero-order chi connectivity index (χ0) is 9.61. The van der Waals surface area contributed by atoms with Gasteiger partial charge < -0.3 is 9.16 Å². The SMILES string of the molecule is C=CC(=O)OCCO[Si](Cl)(Cl)Cl. The molecule has 0 rings (SSSR count). The first kappa shape index (κ1) is 12.3. The lowest BCUT2D eigenvalue weighted by molar-refractivity contribution is -0.138. The van der Waals surface area contributed by atoms with Crippen molar-refractivity contribution >= 4 is 45.5 Å². The Bertz CT molecular complexity index is 168. The highest BCUT2D eigenvalue weighted by molar-refractivity contribution is 7.62. The molecule has 0 aromatic carbocycles. The van der Waals surface area contributed by atoms with Crippen molar-refractivity contribution in [3.05, 3.63) is 12.7 Å². The summed E-state index contributed by atoms with van der Waals surface area (Å²) in [6.45, 7) is 3.35. The maximum atomic E-state index is 10.5. The van der Waals surface area contributed by atoms with Crippen molar-refractivity contribution in [1.82, 2.24) is 0 Å². The van der Waals surface area contributed by atoms with E-state index in [1.807, 2.05) is 0 Å². The van der Waals surface area contributed by atoms with Gasteiger partial charge in [0.25, 0.3) is 0 Å². The predicted octanol–water partition coefficient (Wildman–Crippen LogP) is 1.88. The molecule has 0 fully saturated rings. The number of esters is 1. The quantitative estimate of drug-likeness (QED) is 0.245. The Hall–Kier alpha value is 0.257. The van der Waals surface area contributed by atoms with Crippen molar-refractivity contribution in [3.8, 4) is 0 Å². The molecule has 0 spiro atoms. The van der Waals surface area contributed by atoms with E-state index in [2.05, 4.69) is 11.3 Å². The van der Waals surface area contributed by atoms with Crippen molar-refractivity contribution < 1.29 is 14.0 Å². The van der Waals surface area contributed by atoms with Crippen molar-refractivity contribution in [1.29, 1.82) is 0 Å². The summed E-state index contributed by atoms with van der Waals surface area (Å²) in [5, 5.41) is 0. The van der Waals surface area contributed by atoms with Gasteiger partial charge in [-0.05, 0) is 0 Å². The summed E-state index contributed by atoms with van der Waals surface area (Å²) in [5.41, 5.74) is 0. The fraction of sp³-hybridized carbons (Fsp3) is 0.400. The maximum absolute atomic E-state index is 10.5. The van der Waals surface area contributed by atoms with Crippen LogP contribution in [-0.2, 0) is 14.0 Å². The van der Waals surface area contributed by atoms with Gasteiger partial charge in [0.05, 0.1) is 6.61 Å². The number of halogens is 3. The second kappa shape index (κ2) is 5.83. The van der Waals surface area contributed by atoms with E-state index in [-0.39, 0.29) is 13.2 Å². The Balaban J connectivity index is 3.34. The van der Waals surface area contributed by atoms with Crippen LogP contribution in [0.25, 0.3) is 0 Å². The lowest BCUT2D eigenvalue weighted by Crippen LogP contribution is -2.20. The van der Waals surface area contributed by atoms with Gasteiger partial charge in [-0.2, -0.15) is 0 Å². The van der Waals surface area contributed by atoms with E-state index >= 15 is 0 Å². The zero-order valence-corrected chi connectivity index (χ0v) is 9.33. The van der Waals surface area contributed by atoms with E-state index in [0.717, 1.165) is 6.08 Å². The van der Waals surface area contributed by atoms with Crippen LogP contribution in [0.4, 0.5) is 0 Å². The summed E-state index contributed by atoms with van der Waals surface area (Å²) in [4.78, 5) is 10.5. The van der Waals surface area contributed by atoms with Crippen molar-refractivity contribution in [3.63, 3.8) is 0 Å². The number of carbonyl (C=O) groups excluding carboxylic acids is 1. The molecule has 3 nitrogen and oxygen atoms in total. The van der Waals surface area contributed by atoms with Gasteiger partial charge in [-0.1, -0.05) is 39.8 Å². The van der Waals surface area contributed by atoms with Crippen LogP contribution in [0.2, 0.25) is 0 Å². The average molecular weight is 250 g/mol. The van der Waals surface area contributed by atoms with Gasteiger partial charge in [0.1, 0.15) is 6.61 Å². The van der Waals surface area contributed by atoms with Crippen LogP contribution in [0.3, 0.4) is 0 Å². The van der Waals surface area contributed by atoms with E-state index in [1.54, 1.807) is 0 Å². The second-order valence-electron chi connectivity index (χ2n) is 1.67. The normalized spacial score (nSPS) is 10.9. The molecule has 0 bridgehead atoms. The summed E-state index contributed by atoms with van der Waals surface area (Å²) >= 11 is 16.1. The number of hydrogen-bond donors (Lipinski definition) is 0. The molecule has 0 aliphatic carbocycles. The molecule has 0 aliphatic rings. The molecule has 0 amide bonds. The van der Waals surface area contributed by atoms with Crippen LogP contribution in [0.1, 0.15) is 0 Å². The molecular weight excluding hydrogens is 242 g/mol. The minimum absolute atomic E-state index is 0.0613. The second-order valence-corrected chi connectivity index (χ2v) is 9.38. The largest absolute Gasteiger partial charge is 0.494 e. The zero-order valence-electron chi connectivity index (χ0n) is 6.06. The summed E-state index contributed by atoms with van der Waals surface area (Å²) in [6, 6.07) is 0. The number of hydrogen-bond acceptors (Lipinski definition) is 3. The Kier molecular flexibility index (Phi) is 5.95. The molecule has 0 unspecified atom stereocenters. The van der Waals surface area contributed by atoms with Gasteiger partial charge >= 0.3 is 12.2 Å². The predicted molar refractivity (Wildman–Crippen MR) is 50.4 cm³/mol. The molecule has 12 heavy (non-hydrogen) atoms. The van der Waals surface area contributed by atoms with Crippen molar-refractivity contribution in [2.24, 2.45) is 0 Å². The Morgan fingerprint density at radius 2 is 2.00 bits per heavy atom. The molecule has 70 valence electrons. The molecule has 0 saturated carbocycles. The molecule has 0 radical (unpaired) electrons. The minimum Gasteiger partial charge on any atom is -0.460 e. The molecule has 0 aromatic heterocycles. The van der Waals surface area contributed by atoms with Crippen LogP contribution in [0, 0.1) is 0 Å². The molecule has 0 aromatic rings. The summed E-state index contributed by atoms with van der Waals surface area (Å²) in [5.74, 6) is -0.524. The average Bonchev–Trinajstić information content (AvgIpc) is 1.96. The Morgan fingerprint density at radius 3 is 2.42 bits per heavy atom. The van der Waals surface area contributed by atoms with Crippen LogP contribution in [-0.4, -0.2) is 25.4 Å². The topological polar surface area (TPSA) is 35.5 Å². The number of rotatable bonds is 5. The van der Waals surface area contributed by atoms with Crippen molar-refractivity contribution in [2.75, 3.05) is 13.2 Å². The van der Waals surface area contributed by atoms with Gasteiger partial charge in [0, 0.05) is 6.08 Å². The smallest absolute Gasteiger partial charge is 0.460 e. The highest BCUT2D eigenvalue weighted by Crippen LogP contribution is 2.20. The molecular formula is C5H7Cl3O3Si. The summed E-state index contributed by atoms with van der Waals surface area (Å²) in [6.07, 6.45) is -1.99. The Morgan fingerprint density at radius 1 is 1.42 bits per heavy atom. The maximum Gasteiger partial charge on any atom is 0.494 e. The molecule has 7 heteroatoms. The third-order valence-corrected chi connectivity index (χ3v) is 2.27. The number of ether oxygens (including phenoxy) is 1. The van der Waals surface area contributed by atoms with Crippen LogP contribution < -0.4 is 0 Å². The van der Waals surface area contributed by atoms with E-state index < -0.39 is 12.2 Å². The van der Waals surface area contributed by atoms with Crippen LogP contribution in [0.5, 0.6) is 0 Å². The molecule has 0 heterocycles. The van der Waals surface area contributed by atoms with E-state index in [4.69, 9.17) is 37.7 Å². The minimum atomic E-state index is -3.04. The fourth-order valence-electron chi connectivity index (χ4n) is 0.359. The van der Waals surface area contributed by atoms with Gasteiger partial charge in [-0.15, -0.1) is 0 Å².